The lowest BCUT2D eigenvalue weighted by Gasteiger charge is -2.55. The molecule has 0 spiro atoms. The average molecular weight is 403 g/mol. The van der Waals surface area contributed by atoms with E-state index >= 15 is 0 Å². The molecule has 1 aromatic rings. The predicted octanol–water partition coefficient (Wildman–Crippen LogP) is 2.92. The van der Waals surface area contributed by atoms with Gasteiger partial charge in [-0.05, 0) is 61.6 Å². The smallest absolute Gasteiger partial charge is 0.228 e. The van der Waals surface area contributed by atoms with Crippen molar-refractivity contribution >= 4 is 5.91 Å². The Morgan fingerprint density at radius 1 is 1.17 bits per heavy atom. The second-order valence-corrected chi connectivity index (χ2v) is 9.10. The molecule has 0 unspecified atom stereocenters. The van der Waals surface area contributed by atoms with Crippen molar-refractivity contribution in [3.63, 3.8) is 0 Å². The zero-order chi connectivity index (χ0) is 20.5. The molecule has 29 heavy (non-hydrogen) atoms. The Morgan fingerprint density at radius 2 is 1.79 bits per heavy atom. The number of ether oxygens (including phenoxy) is 1. The van der Waals surface area contributed by atoms with E-state index < -0.39 is 0 Å². The molecule has 158 valence electrons. The van der Waals surface area contributed by atoms with Crippen molar-refractivity contribution in [1.82, 2.24) is 4.90 Å². The van der Waals surface area contributed by atoms with Crippen LogP contribution in [0.3, 0.4) is 0 Å². The molecule has 0 aromatic heterocycles. The fraction of sp³-hybridized carbons (Fsp3) is 0.609. The van der Waals surface area contributed by atoms with Crippen LogP contribution < -0.4 is 10.5 Å². The number of benzene rings is 1. The molecule has 2 bridgehead atoms. The highest BCUT2D eigenvalue weighted by Crippen LogP contribution is 2.58. The Kier molecular flexibility index (Phi) is 5.67. The molecule has 5 rings (SSSR count). The van der Waals surface area contributed by atoms with Gasteiger partial charge in [0.2, 0.25) is 5.91 Å². The van der Waals surface area contributed by atoms with Crippen molar-refractivity contribution in [3.05, 3.63) is 41.7 Å². The number of nitrogens with zero attached hydrogens (tertiary/aromatic N) is 1. The fourth-order valence-corrected chi connectivity index (χ4v) is 5.34. The summed E-state index contributed by atoms with van der Waals surface area (Å²) in [5, 5.41) is 9.22. The molecule has 1 saturated heterocycles. The molecular formula is C23H31FN2O3. The summed E-state index contributed by atoms with van der Waals surface area (Å²) in [5.74, 6) is 1.30. The molecule has 4 fully saturated rings. The van der Waals surface area contributed by atoms with Gasteiger partial charge in [0.1, 0.15) is 12.4 Å². The first-order valence-electron chi connectivity index (χ1n) is 10.7. The Balaban J connectivity index is 1.37. The van der Waals surface area contributed by atoms with Crippen LogP contribution in [-0.2, 0) is 10.2 Å². The SMILES string of the molecule is NCC(=CF)COc1ccc(C23CCC(C(=O)N4CC(CO)C4)(CC2)CC3)cc1. The summed E-state index contributed by atoms with van der Waals surface area (Å²) >= 11 is 0. The third-order valence-corrected chi connectivity index (χ3v) is 7.51. The van der Waals surface area contributed by atoms with Crippen molar-refractivity contribution in [1.29, 1.82) is 0 Å². The van der Waals surface area contributed by atoms with Gasteiger partial charge in [0.15, 0.2) is 0 Å². The number of hydrogen-bond donors (Lipinski definition) is 2. The number of halogens is 1. The van der Waals surface area contributed by atoms with Crippen molar-refractivity contribution < 1.29 is 19.0 Å². The van der Waals surface area contributed by atoms with Gasteiger partial charge < -0.3 is 20.5 Å². The molecule has 1 heterocycles. The lowest BCUT2D eigenvalue weighted by atomic mass is 9.51. The zero-order valence-corrected chi connectivity index (χ0v) is 16.9. The van der Waals surface area contributed by atoms with Crippen LogP contribution in [0.2, 0.25) is 0 Å². The van der Waals surface area contributed by atoms with Crippen LogP contribution in [0.1, 0.15) is 44.1 Å². The molecule has 3 N–H and O–H groups in total. The highest BCUT2D eigenvalue weighted by molar-refractivity contribution is 5.84. The highest BCUT2D eigenvalue weighted by Gasteiger charge is 2.54. The summed E-state index contributed by atoms with van der Waals surface area (Å²) in [6, 6.07) is 8.15. The summed E-state index contributed by atoms with van der Waals surface area (Å²) in [5.41, 5.74) is 7.18. The molecule has 6 heteroatoms. The molecule has 5 nitrogen and oxygen atoms in total. The number of amides is 1. The average Bonchev–Trinajstić information content (AvgIpc) is 2.75. The molecule has 0 radical (unpaired) electrons. The molecular weight excluding hydrogens is 371 g/mol. The van der Waals surface area contributed by atoms with Crippen LogP contribution in [0.25, 0.3) is 0 Å². The monoisotopic (exact) mass is 402 g/mol. The minimum absolute atomic E-state index is 0.149. The van der Waals surface area contributed by atoms with E-state index in [1.54, 1.807) is 0 Å². The Hall–Kier alpha value is -1.92. The largest absolute Gasteiger partial charge is 0.489 e. The third kappa shape index (κ3) is 3.68. The Labute approximate surface area is 171 Å². The molecule has 1 amide bonds. The molecule has 1 aliphatic heterocycles. The van der Waals surface area contributed by atoms with Gasteiger partial charge in [-0.3, -0.25) is 4.79 Å². The number of aliphatic hydroxyl groups excluding tert-OH is 1. The van der Waals surface area contributed by atoms with E-state index in [-0.39, 0.29) is 36.5 Å². The molecule has 4 aliphatic rings. The summed E-state index contributed by atoms with van der Waals surface area (Å²) in [6.45, 7) is 1.92. The maximum Gasteiger partial charge on any atom is 0.228 e. The number of nitrogens with two attached hydrogens (primary N) is 1. The number of likely N-dealkylation sites (tertiary alicyclic amines) is 1. The minimum atomic E-state index is -0.178. The highest BCUT2D eigenvalue weighted by atomic mass is 19.1. The maximum atomic E-state index is 13.1. The topological polar surface area (TPSA) is 75.8 Å². The van der Waals surface area contributed by atoms with Crippen molar-refractivity contribution in [2.45, 2.75) is 43.9 Å². The van der Waals surface area contributed by atoms with Gasteiger partial charge in [0, 0.05) is 43.1 Å². The summed E-state index contributed by atoms with van der Waals surface area (Å²) in [7, 11) is 0. The van der Waals surface area contributed by atoms with Gasteiger partial charge in [-0.25, -0.2) is 4.39 Å². The van der Waals surface area contributed by atoms with E-state index in [4.69, 9.17) is 10.5 Å². The first kappa shape index (κ1) is 20.4. The quantitative estimate of drug-likeness (QED) is 0.735. The number of carbonyl (C=O) groups excluding carboxylic acids is 1. The Bertz CT molecular complexity index is 746. The van der Waals surface area contributed by atoms with Crippen LogP contribution in [0.15, 0.2) is 36.2 Å². The summed E-state index contributed by atoms with van der Waals surface area (Å²) in [4.78, 5) is 15.0. The second-order valence-electron chi connectivity index (χ2n) is 9.10. The standard InChI is InChI=1S/C23H31FN2O3/c24-11-17(12-25)16-29-20-3-1-19(2-4-20)22-5-8-23(9-6-22,10-7-22)21(28)26-13-18(14-26)15-27/h1-4,11,18,27H,5-10,12-16,25H2. The van der Waals surface area contributed by atoms with Crippen LogP contribution in [0.4, 0.5) is 4.39 Å². The summed E-state index contributed by atoms with van der Waals surface area (Å²) < 4.78 is 18.2. The molecule has 1 aromatic carbocycles. The lowest BCUT2D eigenvalue weighted by molar-refractivity contribution is -0.157. The Morgan fingerprint density at radius 3 is 2.31 bits per heavy atom. The van der Waals surface area contributed by atoms with E-state index in [9.17, 15) is 14.3 Å². The summed E-state index contributed by atoms with van der Waals surface area (Å²) in [6.07, 6.45) is 6.48. The van der Waals surface area contributed by atoms with Gasteiger partial charge in [-0.1, -0.05) is 12.1 Å². The van der Waals surface area contributed by atoms with Crippen molar-refractivity contribution in [2.75, 3.05) is 32.8 Å². The van der Waals surface area contributed by atoms with E-state index in [1.807, 2.05) is 17.0 Å². The zero-order valence-electron chi connectivity index (χ0n) is 16.9. The van der Waals surface area contributed by atoms with E-state index in [0.717, 1.165) is 38.5 Å². The van der Waals surface area contributed by atoms with Crippen molar-refractivity contribution in [2.24, 2.45) is 17.1 Å². The number of aliphatic hydroxyl groups is 1. The van der Waals surface area contributed by atoms with Gasteiger partial charge in [0.05, 0.1) is 6.33 Å². The van der Waals surface area contributed by atoms with Gasteiger partial charge >= 0.3 is 0 Å². The van der Waals surface area contributed by atoms with Gasteiger partial charge in [-0.2, -0.15) is 0 Å². The molecule has 0 atom stereocenters. The van der Waals surface area contributed by atoms with E-state index in [0.29, 0.717) is 36.6 Å². The fourth-order valence-electron chi connectivity index (χ4n) is 5.34. The van der Waals surface area contributed by atoms with Crippen LogP contribution >= 0.6 is 0 Å². The van der Waals surface area contributed by atoms with Crippen LogP contribution in [0.5, 0.6) is 5.75 Å². The predicted molar refractivity (Wildman–Crippen MR) is 109 cm³/mol. The van der Waals surface area contributed by atoms with Crippen LogP contribution in [-0.4, -0.2) is 48.8 Å². The van der Waals surface area contributed by atoms with Gasteiger partial charge in [0.25, 0.3) is 0 Å². The first-order chi connectivity index (χ1) is 14.0. The third-order valence-electron chi connectivity index (χ3n) is 7.51. The molecule has 3 saturated carbocycles. The normalized spacial score (nSPS) is 29.6. The van der Waals surface area contributed by atoms with Gasteiger partial charge in [-0.15, -0.1) is 0 Å². The number of carbonyl (C=O) groups is 1. The second kappa shape index (κ2) is 8.07. The maximum absolute atomic E-state index is 13.1. The lowest BCUT2D eigenvalue weighted by Crippen LogP contribution is -2.59. The number of rotatable bonds is 7. The van der Waals surface area contributed by atoms with Crippen molar-refractivity contribution in [3.8, 4) is 5.75 Å². The first-order valence-corrected chi connectivity index (χ1v) is 10.7. The van der Waals surface area contributed by atoms with E-state index in [2.05, 4.69) is 12.1 Å². The number of hydrogen-bond acceptors (Lipinski definition) is 4. The van der Waals surface area contributed by atoms with Crippen LogP contribution in [0, 0.1) is 11.3 Å². The molecule has 3 aliphatic carbocycles. The minimum Gasteiger partial charge on any atom is -0.489 e. The number of fused-ring (bicyclic) bond motifs is 3. The van der Waals surface area contributed by atoms with E-state index in [1.165, 1.54) is 5.56 Å².